The van der Waals surface area contributed by atoms with Crippen molar-refractivity contribution >= 4 is 21.8 Å². The summed E-state index contributed by atoms with van der Waals surface area (Å²) in [6, 6.07) is 7.46. The highest BCUT2D eigenvalue weighted by Gasteiger charge is 2.30. The van der Waals surface area contributed by atoms with Crippen LogP contribution >= 0.6 is 15.9 Å². The number of aliphatic hydroxyl groups is 1. The van der Waals surface area contributed by atoms with E-state index in [9.17, 15) is 4.79 Å². The van der Waals surface area contributed by atoms with Crippen molar-refractivity contribution in [2.24, 2.45) is 0 Å². The summed E-state index contributed by atoms with van der Waals surface area (Å²) in [6.45, 7) is 5.46. The highest BCUT2D eigenvalue weighted by Crippen LogP contribution is 2.25. The molecule has 0 aromatic heterocycles. The molecule has 1 rings (SSSR count). The van der Waals surface area contributed by atoms with Crippen LogP contribution in [0.25, 0.3) is 0 Å². The highest BCUT2D eigenvalue weighted by molar-refractivity contribution is 9.10. The summed E-state index contributed by atoms with van der Waals surface area (Å²) in [7, 11) is 0. The molecule has 1 atom stereocenters. The molecule has 0 spiro atoms. The first-order valence-electron chi connectivity index (χ1n) is 5.55. The van der Waals surface area contributed by atoms with Gasteiger partial charge in [-0.05, 0) is 38.5 Å². The monoisotopic (exact) mass is 299 g/mol. The molecule has 0 fully saturated rings. The lowest BCUT2D eigenvalue weighted by molar-refractivity contribution is -0.126. The number of amides is 1. The van der Waals surface area contributed by atoms with Crippen LogP contribution in [0.2, 0.25) is 0 Å². The van der Waals surface area contributed by atoms with Crippen LogP contribution in [0.15, 0.2) is 28.7 Å². The minimum Gasteiger partial charge on any atom is -0.394 e. The fraction of sp³-hybridized carbons (Fsp3) is 0.462. The summed E-state index contributed by atoms with van der Waals surface area (Å²) in [5.41, 5.74) is 0.341. The second-order valence-corrected chi connectivity index (χ2v) is 5.60. The Morgan fingerprint density at radius 1 is 1.41 bits per heavy atom. The molecule has 3 nitrogen and oxygen atoms in total. The van der Waals surface area contributed by atoms with Crippen molar-refractivity contribution in [2.45, 2.75) is 32.2 Å². The van der Waals surface area contributed by atoms with Gasteiger partial charge in [0.15, 0.2) is 0 Å². The van der Waals surface area contributed by atoms with Crippen LogP contribution in [0.1, 0.15) is 26.3 Å². The minimum atomic E-state index is -0.607. The van der Waals surface area contributed by atoms with Gasteiger partial charge < -0.3 is 10.4 Å². The summed E-state index contributed by atoms with van der Waals surface area (Å²) < 4.78 is 0.987. The molecule has 2 N–H and O–H groups in total. The average Bonchev–Trinajstić information content (AvgIpc) is 2.29. The maximum atomic E-state index is 12.1. The zero-order chi connectivity index (χ0) is 13.1. The molecule has 0 bridgehead atoms. The summed E-state index contributed by atoms with van der Waals surface area (Å²) in [4.78, 5) is 12.1. The molecule has 0 aliphatic rings. The number of hydrogen-bond donors (Lipinski definition) is 2. The van der Waals surface area contributed by atoms with Crippen molar-refractivity contribution < 1.29 is 9.90 Å². The first-order valence-corrected chi connectivity index (χ1v) is 6.35. The van der Waals surface area contributed by atoms with Gasteiger partial charge in [-0.2, -0.15) is 0 Å². The van der Waals surface area contributed by atoms with E-state index in [1.54, 1.807) is 6.92 Å². The van der Waals surface area contributed by atoms with Gasteiger partial charge in [-0.25, -0.2) is 0 Å². The fourth-order valence-electron chi connectivity index (χ4n) is 1.45. The van der Waals surface area contributed by atoms with E-state index in [-0.39, 0.29) is 18.6 Å². The summed E-state index contributed by atoms with van der Waals surface area (Å²) in [5, 5.41) is 11.7. The van der Waals surface area contributed by atoms with Gasteiger partial charge in [0, 0.05) is 10.5 Å². The lowest BCUT2D eigenvalue weighted by Crippen LogP contribution is -2.45. The van der Waals surface area contributed by atoms with Crippen LogP contribution in [0.3, 0.4) is 0 Å². The number of hydrogen-bond acceptors (Lipinski definition) is 2. The standard InChI is InChI=1S/C13H18BrNO2/c1-9(8-16)15-12(17)13(2,3)10-4-6-11(14)7-5-10/h4-7,9,16H,8H2,1-3H3,(H,15,17)/t9-/m0/s1. The van der Waals surface area contributed by atoms with E-state index in [0.717, 1.165) is 10.0 Å². The van der Waals surface area contributed by atoms with Crippen molar-refractivity contribution in [3.63, 3.8) is 0 Å². The summed E-state index contributed by atoms with van der Waals surface area (Å²) in [6.07, 6.45) is 0. The third kappa shape index (κ3) is 3.54. The lowest BCUT2D eigenvalue weighted by atomic mass is 9.83. The predicted molar refractivity (Wildman–Crippen MR) is 71.9 cm³/mol. The number of rotatable bonds is 4. The van der Waals surface area contributed by atoms with Crippen LogP contribution in [0.4, 0.5) is 0 Å². The Labute approximate surface area is 110 Å². The largest absolute Gasteiger partial charge is 0.394 e. The fourth-order valence-corrected chi connectivity index (χ4v) is 1.71. The molecular weight excluding hydrogens is 282 g/mol. The molecular formula is C13H18BrNO2. The molecule has 0 unspecified atom stereocenters. The van der Waals surface area contributed by atoms with E-state index in [2.05, 4.69) is 21.2 Å². The van der Waals surface area contributed by atoms with Gasteiger partial charge in [0.05, 0.1) is 12.0 Å². The van der Waals surface area contributed by atoms with Crippen LogP contribution in [0.5, 0.6) is 0 Å². The Bertz CT molecular complexity index is 387. The van der Waals surface area contributed by atoms with Crippen molar-refractivity contribution in [3.8, 4) is 0 Å². The third-order valence-electron chi connectivity index (χ3n) is 2.78. The Kier molecular flexibility index (Phi) is 4.71. The first kappa shape index (κ1) is 14.2. The quantitative estimate of drug-likeness (QED) is 0.896. The molecule has 1 aromatic carbocycles. The zero-order valence-corrected chi connectivity index (χ0v) is 11.9. The van der Waals surface area contributed by atoms with Crippen molar-refractivity contribution in [1.82, 2.24) is 5.32 Å². The van der Waals surface area contributed by atoms with E-state index in [1.807, 2.05) is 38.1 Å². The van der Waals surface area contributed by atoms with Gasteiger partial charge in [-0.15, -0.1) is 0 Å². The minimum absolute atomic E-state index is 0.0534. The Balaban J connectivity index is 2.86. The van der Waals surface area contributed by atoms with Gasteiger partial charge in [0.25, 0.3) is 0 Å². The Morgan fingerprint density at radius 3 is 2.41 bits per heavy atom. The number of nitrogens with one attached hydrogen (secondary N) is 1. The van der Waals surface area contributed by atoms with E-state index in [1.165, 1.54) is 0 Å². The molecule has 0 heterocycles. The predicted octanol–water partition coefficient (Wildman–Crippen LogP) is 2.22. The van der Waals surface area contributed by atoms with Crippen LogP contribution < -0.4 is 5.32 Å². The van der Waals surface area contributed by atoms with E-state index < -0.39 is 5.41 Å². The van der Waals surface area contributed by atoms with Crippen LogP contribution in [-0.2, 0) is 10.2 Å². The number of carbonyl (C=O) groups excluding carboxylic acids is 1. The number of halogens is 1. The summed E-state index contributed by atoms with van der Waals surface area (Å²) in [5.74, 6) is -0.0821. The number of aliphatic hydroxyl groups excluding tert-OH is 1. The zero-order valence-electron chi connectivity index (χ0n) is 10.3. The van der Waals surface area contributed by atoms with Crippen LogP contribution in [-0.4, -0.2) is 23.7 Å². The number of carbonyl (C=O) groups is 1. The maximum absolute atomic E-state index is 12.1. The molecule has 0 aliphatic heterocycles. The second-order valence-electron chi connectivity index (χ2n) is 4.69. The molecule has 4 heteroatoms. The Hall–Kier alpha value is -0.870. The van der Waals surface area contributed by atoms with E-state index in [0.29, 0.717) is 0 Å². The van der Waals surface area contributed by atoms with Crippen molar-refractivity contribution in [1.29, 1.82) is 0 Å². The topological polar surface area (TPSA) is 49.3 Å². The summed E-state index contributed by atoms with van der Waals surface area (Å²) >= 11 is 3.37. The molecule has 1 aromatic rings. The maximum Gasteiger partial charge on any atom is 0.230 e. The SMILES string of the molecule is C[C@@H](CO)NC(=O)C(C)(C)c1ccc(Br)cc1. The molecule has 0 saturated heterocycles. The van der Waals surface area contributed by atoms with Gasteiger partial charge >= 0.3 is 0 Å². The van der Waals surface area contributed by atoms with E-state index in [4.69, 9.17) is 5.11 Å². The third-order valence-corrected chi connectivity index (χ3v) is 3.31. The second kappa shape index (κ2) is 5.65. The highest BCUT2D eigenvalue weighted by atomic mass is 79.9. The van der Waals surface area contributed by atoms with Gasteiger partial charge in [0.2, 0.25) is 5.91 Å². The van der Waals surface area contributed by atoms with Crippen molar-refractivity contribution in [3.05, 3.63) is 34.3 Å². The normalized spacial score (nSPS) is 13.2. The van der Waals surface area contributed by atoms with E-state index >= 15 is 0 Å². The van der Waals surface area contributed by atoms with Crippen LogP contribution in [0, 0.1) is 0 Å². The molecule has 17 heavy (non-hydrogen) atoms. The molecule has 94 valence electrons. The van der Waals surface area contributed by atoms with Gasteiger partial charge in [-0.3, -0.25) is 4.79 Å². The average molecular weight is 300 g/mol. The number of benzene rings is 1. The van der Waals surface area contributed by atoms with Gasteiger partial charge in [0.1, 0.15) is 0 Å². The first-order chi connectivity index (χ1) is 7.87. The molecule has 0 aliphatic carbocycles. The lowest BCUT2D eigenvalue weighted by Gasteiger charge is -2.26. The van der Waals surface area contributed by atoms with Gasteiger partial charge in [-0.1, -0.05) is 28.1 Å². The molecule has 1 amide bonds. The Morgan fingerprint density at radius 2 is 1.94 bits per heavy atom. The molecule has 0 radical (unpaired) electrons. The smallest absolute Gasteiger partial charge is 0.230 e. The van der Waals surface area contributed by atoms with Crippen molar-refractivity contribution in [2.75, 3.05) is 6.61 Å². The molecule has 0 saturated carbocycles.